The van der Waals surface area contributed by atoms with E-state index in [1.54, 1.807) is 17.7 Å². The average molecular weight is 269 g/mol. The fourth-order valence-corrected chi connectivity index (χ4v) is 2.98. The fourth-order valence-electron chi connectivity index (χ4n) is 1.98. The summed E-state index contributed by atoms with van der Waals surface area (Å²) in [5.41, 5.74) is 3.57. The Labute approximate surface area is 116 Å². The number of hydrogen-bond donors (Lipinski definition) is 1. The molecule has 2 aromatic heterocycles. The molecule has 0 radical (unpaired) electrons. The van der Waals surface area contributed by atoms with Crippen molar-refractivity contribution in [1.82, 2.24) is 15.3 Å². The van der Waals surface area contributed by atoms with Crippen LogP contribution in [0.3, 0.4) is 0 Å². The van der Waals surface area contributed by atoms with E-state index < -0.39 is 0 Å². The van der Waals surface area contributed by atoms with E-state index in [0.717, 1.165) is 23.3 Å². The Balaban J connectivity index is 1.88. The predicted molar refractivity (Wildman–Crippen MR) is 80.2 cm³/mol. The van der Waals surface area contributed by atoms with E-state index in [1.807, 2.05) is 6.20 Å². The Morgan fingerprint density at radius 2 is 2.05 bits per heavy atom. The molecule has 0 aliphatic heterocycles. The SMILES string of the molecule is CCNCc1ccc(-c2cc3ncncc3s2)cc1. The van der Waals surface area contributed by atoms with Gasteiger partial charge in [-0.1, -0.05) is 31.2 Å². The molecule has 0 saturated carbocycles. The first-order chi connectivity index (χ1) is 9.36. The van der Waals surface area contributed by atoms with Gasteiger partial charge in [0.2, 0.25) is 0 Å². The molecule has 3 nitrogen and oxygen atoms in total. The van der Waals surface area contributed by atoms with Gasteiger partial charge in [0.15, 0.2) is 0 Å². The summed E-state index contributed by atoms with van der Waals surface area (Å²) in [6.07, 6.45) is 3.47. The molecule has 3 rings (SSSR count). The molecule has 0 spiro atoms. The Morgan fingerprint density at radius 3 is 2.79 bits per heavy atom. The molecule has 0 saturated heterocycles. The summed E-state index contributed by atoms with van der Waals surface area (Å²) in [5, 5.41) is 3.33. The van der Waals surface area contributed by atoms with Gasteiger partial charge in [-0.3, -0.25) is 0 Å². The molecule has 0 fully saturated rings. The van der Waals surface area contributed by atoms with Crippen molar-refractivity contribution in [2.45, 2.75) is 13.5 Å². The topological polar surface area (TPSA) is 37.8 Å². The number of thiophene rings is 1. The van der Waals surface area contributed by atoms with Crippen LogP contribution in [0.25, 0.3) is 20.7 Å². The molecule has 19 heavy (non-hydrogen) atoms. The lowest BCUT2D eigenvalue weighted by Crippen LogP contribution is -2.11. The summed E-state index contributed by atoms with van der Waals surface area (Å²) in [6.45, 7) is 4.04. The highest BCUT2D eigenvalue weighted by Gasteiger charge is 2.05. The second kappa shape index (κ2) is 5.47. The van der Waals surface area contributed by atoms with E-state index >= 15 is 0 Å². The molecule has 2 heterocycles. The van der Waals surface area contributed by atoms with E-state index in [0.29, 0.717) is 0 Å². The number of nitrogens with one attached hydrogen (secondary N) is 1. The third-order valence-corrected chi connectivity index (χ3v) is 4.12. The summed E-state index contributed by atoms with van der Waals surface area (Å²) in [6, 6.07) is 10.8. The molecule has 0 atom stereocenters. The molecule has 4 heteroatoms. The zero-order valence-corrected chi connectivity index (χ0v) is 11.6. The van der Waals surface area contributed by atoms with Crippen molar-refractivity contribution in [2.24, 2.45) is 0 Å². The van der Waals surface area contributed by atoms with Gasteiger partial charge in [0.05, 0.1) is 10.2 Å². The second-order valence-electron chi connectivity index (χ2n) is 4.36. The minimum Gasteiger partial charge on any atom is -0.313 e. The molecular weight excluding hydrogens is 254 g/mol. The molecule has 3 aromatic rings. The molecule has 1 N–H and O–H groups in total. The Hall–Kier alpha value is -1.78. The van der Waals surface area contributed by atoms with Crippen molar-refractivity contribution < 1.29 is 0 Å². The zero-order valence-electron chi connectivity index (χ0n) is 10.8. The number of benzene rings is 1. The van der Waals surface area contributed by atoms with Gasteiger partial charge in [-0.05, 0) is 23.7 Å². The molecule has 96 valence electrons. The third kappa shape index (κ3) is 2.64. The summed E-state index contributed by atoms with van der Waals surface area (Å²) < 4.78 is 1.13. The fraction of sp³-hybridized carbons (Fsp3) is 0.200. The van der Waals surface area contributed by atoms with Crippen molar-refractivity contribution in [3.8, 4) is 10.4 Å². The first-order valence-electron chi connectivity index (χ1n) is 6.36. The summed E-state index contributed by atoms with van der Waals surface area (Å²) >= 11 is 1.73. The molecule has 0 aliphatic rings. The van der Waals surface area contributed by atoms with Crippen LogP contribution in [-0.2, 0) is 6.54 Å². The predicted octanol–water partition coefficient (Wildman–Crippen LogP) is 3.47. The van der Waals surface area contributed by atoms with Crippen LogP contribution in [0.2, 0.25) is 0 Å². The normalized spacial score (nSPS) is 11.0. The minimum atomic E-state index is 0.925. The maximum Gasteiger partial charge on any atom is 0.116 e. The van der Waals surface area contributed by atoms with E-state index in [1.165, 1.54) is 16.0 Å². The Bertz CT molecular complexity index is 640. The Kier molecular flexibility index (Phi) is 3.53. The third-order valence-electron chi connectivity index (χ3n) is 3.01. The summed E-state index contributed by atoms with van der Waals surface area (Å²) in [7, 11) is 0. The number of hydrogen-bond acceptors (Lipinski definition) is 4. The van der Waals surface area contributed by atoms with Gasteiger partial charge in [-0.15, -0.1) is 11.3 Å². The highest BCUT2D eigenvalue weighted by atomic mass is 32.1. The van der Waals surface area contributed by atoms with E-state index in [-0.39, 0.29) is 0 Å². The van der Waals surface area contributed by atoms with Crippen LogP contribution in [0.4, 0.5) is 0 Å². The van der Waals surface area contributed by atoms with Crippen LogP contribution in [0.1, 0.15) is 12.5 Å². The van der Waals surface area contributed by atoms with Gasteiger partial charge in [0, 0.05) is 17.6 Å². The first kappa shape index (κ1) is 12.3. The largest absolute Gasteiger partial charge is 0.313 e. The molecule has 0 bridgehead atoms. The zero-order chi connectivity index (χ0) is 13.1. The van der Waals surface area contributed by atoms with Gasteiger partial charge >= 0.3 is 0 Å². The van der Waals surface area contributed by atoms with Crippen molar-refractivity contribution >= 4 is 21.6 Å². The van der Waals surface area contributed by atoms with E-state index in [2.05, 4.69) is 52.5 Å². The van der Waals surface area contributed by atoms with Gasteiger partial charge < -0.3 is 5.32 Å². The van der Waals surface area contributed by atoms with Crippen LogP contribution in [0.5, 0.6) is 0 Å². The first-order valence-corrected chi connectivity index (χ1v) is 7.18. The van der Waals surface area contributed by atoms with Gasteiger partial charge in [-0.25, -0.2) is 9.97 Å². The van der Waals surface area contributed by atoms with Crippen LogP contribution in [0, 0.1) is 0 Å². The average Bonchev–Trinajstić information content (AvgIpc) is 2.89. The molecule has 1 aromatic carbocycles. The van der Waals surface area contributed by atoms with Crippen LogP contribution < -0.4 is 5.32 Å². The number of fused-ring (bicyclic) bond motifs is 1. The van der Waals surface area contributed by atoms with Gasteiger partial charge in [0.25, 0.3) is 0 Å². The van der Waals surface area contributed by atoms with Crippen molar-refractivity contribution in [2.75, 3.05) is 6.54 Å². The van der Waals surface area contributed by atoms with Crippen LogP contribution in [0.15, 0.2) is 42.9 Å². The van der Waals surface area contributed by atoms with Crippen LogP contribution in [-0.4, -0.2) is 16.5 Å². The van der Waals surface area contributed by atoms with Crippen molar-refractivity contribution in [1.29, 1.82) is 0 Å². The van der Waals surface area contributed by atoms with Crippen LogP contribution >= 0.6 is 11.3 Å². The number of nitrogens with zero attached hydrogens (tertiary/aromatic N) is 2. The highest BCUT2D eigenvalue weighted by Crippen LogP contribution is 2.31. The number of aromatic nitrogens is 2. The lowest BCUT2D eigenvalue weighted by Gasteiger charge is -2.03. The van der Waals surface area contributed by atoms with Crippen molar-refractivity contribution in [3.05, 3.63) is 48.4 Å². The van der Waals surface area contributed by atoms with Crippen molar-refractivity contribution in [3.63, 3.8) is 0 Å². The highest BCUT2D eigenvalue weighted by molar-refractivity contribution is 7.22. The molecular formula is C15H15N3S. The maximum atomic E-state index is 4.27. The summed E-state index contributed by atoms with van der Waals surface area (Å²) in [4.78, 5) is 9.57. The molecule has 0 unspecified atom stereocenters. The van der Waals surface area contributed by atoms with E-state index in [4.69, 9.17) is 0 Å². The van der Waals surface area contributed by atoms with Gasteiger partial charge in [-0.2, -0.15) is 0 Å². The lowest BCUT2D eigenvalue weighted by atomic mass is 10.1. The lowest BCUT2D eigenvalue weighted by molar-refractivity contribution is 0.727. The quantitative estimate of drug-likeness (QED) is 0.788. The van der Waals surface area contributed by atoms with E-state index in [9.17, 15) is 0 Å². The summed E-state index contributed by atoms with van der Waals surface area (Å²) in [5.74, 6) is 0. The standard InChI is InChI=1S/C15H15N3S/c1-2-16-8-11-3-5-12(6-4-11)14-7-13-15(19-14)9-17-10-18-13/h3-7,9-10,16H,2,8H2,1H3. The smallest absolute Gasteiger partial charge is 0.116 e. The molecule has 0 amide bonds. The minimum absolute atomic E-state index is 0.925. The molecule has 0 aliphatic carbocycles. The second-order valence-corrected chi connectivity index (χ2v) is 5.44. The maximum absolute atomic E-state index is 4.27. The number of rotatable bonds is 4. The monoisotopic (exact) mass is 269 g/mol. The Morgan fingerprint density at radius 1 is 1.21 bits per heavy atom. The van der Waals surface area contributed by atoms with Gasteiger partial charge in [0.1, 0.15) is 6.33 Å².